The third kappa shape index (κ3) is 5.04. The van der Waals surface area contributed by atoms with E-state index in [-0.39, 0.29) is 18.6 Å². The summed E-state index contributed by atoms with van der Waals surface area (Å²) < 4.78 is 7.75. The summed E-state index contributed by atoms with van der Waals surface area (Å²) in [5, 5.41) is 3.63. The summed E-state index contributed by atoms with van der Waals surface area (Å²) in [6, 6.07) is 14.8. The predicted molar refractivity (Wildman–Crippen MR) is 113 cm³/mol. The Morgan fingerprint density at radius 1 is 1.18 bits per heavy atom. The van der Waals surface area contributed by atoms with Gasteiger partial charge < -0.3 is 14.6 Å². The van der Waals surface area contributed by atoms with Gasteiger partial charge in [0.05, 0.1) is 17.1 Å². The van der Waals surface area contributed by atoms with Crippen LogP contribution in [0.1, 0.15) is 45.0 Å². The van der Waals surface area contributed by atoms with E-state index in [2.05, 4.69) is 22.9 Å². The Bertz CT molecular complexity index is 921. The third-order valence-electron chi connectivity index (χ3n) is 4.62. The van der Waals surface area contributed by atoms with E-state index in [9.17, 15) is 4.79 Å². The average molecular weight is 400 g/mol. The number of hydrogen-bond acceptors (Lipinski definition) is 3. The maximum atomic E-state index is 12.4. The van der Waals surface area contributed by atoms with Crippen molar-refractivity contribution in [3.8, 4) is 5.75 Å². The monoisotopic (exact) mass is 399 g/mol. The minimum atomic E-state index is -0.213. The van der Waals surface area contributed by atoms with Gasteiger partial charge in [-0.15, -0.1) is 0 Å². The Labute approximate surface area is 170 Å². The summed E-state index contributed by atoms with van der Waals surface area (Å²) in [4.78, 5) is 17.1. The number of fused-ring (bicyclic) bond motifs is 1. The molecule has 1 aromatic heterocycles. The first-order chi connectivity index (χ1) is 13.6. The molecule has 6 heteroatoms. The van der Waals surface area contributed by atoms with Gasteiger partial charge in [0.15, 0.2) is 6.61 Å². The molecule has 0 saturated heterocycles. The first kappa shape index (κ1) is 20.2. The van der Waals surface area contributed by atoms with Crippen LogP contribution < -0.4 is 10.1 Å². The normalized spacial score (nSPS) is 12.1. The molecule has 1 unspecified atom stereocenters. The van der Waals surface area contributed by atoms with Crippen molar-refractivity contribution in [2.24, 2.45) is 0 Å². The Morgan fingerprint density at radius 2 is 1.93 bits per heavy atom. The van der Waals surface area contributed by atoms with E-state index in [1.807, 2.05) is 25.1 Å². The first-order valence-electron chi connectivity index (χ1n) is 9.71. The van der Waals surface area contributed by atoms with Crippen molar-refractivity contribution in [1.82, 2.24) is 14.9 Å². The van der Waals surface area contributed by atoms with Crippen LogP contribution in [0.25, 0.3) is 11.0 Å². The minimum Gasteiger partial charge on any atom is -0.484 e. The number of carbonyl (C=O) groups is 1. The standard InChI is InChI=1S/C22H26ClN3O2/c1-3-4-7-14-26-20-9-6-5-8-19(20)25-22(26)16(2)24-21(27)15-28-18-12-10-17(23)11-13-18/h5-6,8-13,16H,3-4,7,14-15H2,1-2H3,(H,24,27). The van der Waals surface area contributed by atoms with E-state index in [0.29, 0.717) is 10.8 Å². The van der Waals surface area contributed by atoms with Crippen LogP contribution in [-0.4, -0.2) is 22.1 Å². The number of ether oxygens (including phenoxy) is 1. The number of imidazole rings is 1. The van der Waals surface area contributed by atoms with Crippen molar-refractivity contribution in [3.05, 3.63) is 59.4 Å². The molecular formula is C22H26ClN3O2. The summed E-state index contributed by atoms with van der Waals surface area (Å²) in [6.07, 6.45) is 3.42. The average Bonchev–Trinajstić information content (AvgIpc) is 3.07. The number of hydrogen-bond donors (Lipinski definition) is 1. The second-order valence-electron chi connectivity index (χ2n) is 6.85. The van der Waals surface area contributed by atoms with Crippen LogP contribution in [0.4, 0.5) is 0 Å². The molecule has 0 aliphatic rings. The number of aromatic nitrogens is 2. The second kappa shape index (κ2) is 9.60. The van der Waals surface area contributed by atoms with Crippen molar-refractivity contribution in [2.75, 3.05) is 6.61 Å². The minimum absolute atomic E-state index is 0.0535. The number of halogens is 1. The van der Waals surface area contributed by atoms with Crippen molar-refractivity contribution in [2.45, 2.75) is 45.7 Å². The van der Waals surface area contributed by atoms with Gasteiger partial charge in [0.2, 0.25) is 0 Å². The van der Waals surface area contributed by atoms with Gasteiger partial charge in [-0.1, -0.05) is 43.5 Å². The Morgan fingerprint density at radius 3 is 2.68 bits per heavy atom. The van der Waals surface area contributed by atoms with E-state index < -0.39 is 0 Å². The fraction of sp³-hybridized carbons (Fsp3) is 0.364. The van der Waals surface area contributed by atoms with Crippen LogP contribution in [0.3, 0.4) is 0 Å². The number of rotatable bonds is 9. The maximum absolute atomic E-state index is 12.4. The zero-order valence-corrected chi connectivity index (χ0v) is 17.1. The molecule has 148 valence electrons. The van der Waals surface area contributed by atoms with Crippen molar-refractivity contribution < 1.29 is 9.53 Å². The molecule has 0 spiro atoms. The molecule has 2 aromatic carbocycles. The molecule has 28 heavy (non-hydrogen) atoms. The molecule has 0 fully saturated rings. The zero-order valence-electron chi connectivity index (χ0n) is 16.3. The van der Waals surface area contributed by atoms with Crippen LogP contribution >= 0.6 is 11.6 Å². The van der Waals surface area contributed by atoms with Gasteiger partial charge in [0, 0.05) is 11.6 Å². The number of para-hydroxylation sites is 2. The number of nitrogens with zero attached hydrogens (tertiary/aromatic N) is 2. The zero-order chi connectivity index (χ0) is 19.9. The lowest BCUT2D eigenvalue weighted by molar-refractivity contribution is -0.123. The van der Waals surface area contributed by atoms with E-state index >= 15 is 0 Å². The molecule has 1 amide bonds. The Kier molecular flexibility index (Phi) is 6.93. The van der Waals surface area contributed by atoms with Crippen molar-refractivity contribution in [3.63, 3.8) is 0 Å². The van der Waals surface area contributed by atoms with E-state index in [1.165, 1.54) is 6.42 Å². The topological polar surface area (TPSA) is 56.2 Å². The quantitative estimate of drug-likeness (QED) is 0.507. The van der Waals surface area contributed by atoms with Crippen LogP contribution in [0, 0.1) is 0 Å². The first-order valence-corrected chi connectivity index (χ1v) is 10.1. The summed E-state index contributed by atoms with van der Waals surface area (Å²) in [6.45, 7) is 4.99. The van der Waals surface area contributed by atoms with Gasteiger partial charge >= 0.3 is 0 Å². The molecule has 0 radical (unpaired) electrons. The summed E-state index contributed by atoms with van der Waals surface area (Å²) in [7, 11) is 0. The molecule has 0 aliphatic heterocycles. The highest BCUT2D eigenvalue weighted by atomic mass is 35.5. The summed E-state index contributed by atoms with van der Waals surface area (Å²) in [5.74, 6) is 1.30. The molecular weight excluding hydrogens is 374 g/mol. The molecule has 3 aromatic rings. The highest BCUT2D eigenvalue weighted by Crippen LogP contribution is 2.22. The van der Waals surface area contributed by atoms with Gasteiger partial charge in [-0.3, -0.25) is 4.79 Å². The molecule has 1 N–H and O–H groups in total. The highest BCUT2D eigenvalue weighted by molar-refractivity contribution is 6.30. The molecule has 1 atom stereocenters. The van der Waals surface area contributed by atoms with Gasteiger partial charge in [-0.2, -0.15) is 0 Å². The highest BCUT2D eigenvalue weighted by Gasteiger charge is 2.18. The van der Waals surface area contributed by atoms with Crippen LogP contribution in [0.15, 0.2) is 48.5 Å². The van der Waals surface area contributed by atoms with E-state index in [0.717, 1.165) is 36.2 Å². The van der Waals surface area contributed by atoms with E-state index in [4.69, 9.17) is 21.3 Å². The molecule has 5 nitrogen and oxygen atoms in total. The maximum Gasteiger partial charge on any atom is 0.258 e. The number of amides is 1. The molecule has 0 saturated carbocycles. The Hall–Kier alpha value is -2.53. The number of carbonyl (C=O) groups excluding carboxylic acids is 1. The van der Waals surface area contributed by atoms with Crippen molar-refractivity contribution in [1.29, 1.82) is 0 Å². The number of nitrogens with one attached hydrogen (secondary N) is 1. The number of aryl methyl sites for hydroxylation is 1. The molecule has 0 bridgehead atoms. The number of benzene rings is 2. The fourth-order valence-electron chi connectivity index (χ4n) is 3.21. The second-order valence-corrected chi connectivity index (χ2v) is 7.29. The van der Waals surface area contributed by atoms with Crippen LogP contribution in [0.2, 0.25) is 5.02 Å². The summed E-state index contributed by atoms with van der Waals surface area (Å²) >= 11 is 5.86. The number of unbranched alkanes of at least 4 members (excludes halogenated alkanes) is 2. The Balaban J connectivity index is 1.67. The van der Waals surface area contributed by atoms with Gasteiger partial charge in [0.25, 0.3) is 5.91 Å². The van der Waals surface area contributed by atoms with Crippen LogP contribution in [-0.2, 0) is 11.3 Å². The summed E-state index contributed by atoms with van der Waals surface area (Å²) in [5.41, 5.74) is 2.06. The van der Waals surface area contributed by atoms with Gasteiger partial charge in [-0.25, -0.2) is 4.98 Å². The molecule has 0 aliphatic carbocycles. The molecule has 1 heterocycles. The fourth-order valence-corrected chi connectivity index (χ4v) is 3.33. The third-order valence-corrected chi connectivity index (χ3v) is 4.87. The van der Waals surface area contributed by atoms with Gasteiger partial charge in [-0.05, 0) is 49.7 Å². The largest absolute Gasteiger partial charge is 0.484 e. The lowest BCUT2D eigenvalue weighted by Gasteiger charge is -2.16. The van der Waals surface area contributed by atoms with E-state index in [1.54, 1.807) is 24.3 Å². The SMILES string of the molecule is CCCCCn1c(C(C)NC(=O)COc2ccc(Cl)cc2)nc2ccccc21. The van der Waals surface area contributed by atoms with Gasteiger partial charge in [0.1, 0.15) is 11.6 Å². The molecule has 3 rings (SSSR count). The lowest BCUT2D eigenvalue weighted by Crippen LogP contribution is -2.32. The smallest absolute Gasteiger partial charge is 0.258 e. The van der Waals surface area contributed by atoms with Crippen molar-refractivity contribution >= 4 is 28.5 Å². The lowest BCUT2D eigenvalue weighted by atomic mass is 10.2. The predicted octanol–water partition coefficient (Wildman–Crippen LogP) is 5.14. The van der Waals surface area contributed by atoms with Crippen LogP contribution in [0.5, 0.6) is 5.75 Å².